The largest absolute Gasteiger partial charge is 0.440 e. The standard InChI is InChI=1S/C12H16N2O2/c1-7(2)12-14-9-5-8(10(15)6-13)3-4-11(9)16-12/h3-5,7,10,15H,6,13H2,1-2H3. The number of nitrogens with zero attached hydrogens (tertiary/aromatic N) is 1. The second kappa shape index (κ2) is 4.23. The third-order valence-corrected chi connectivity index (χ3v) is 2.53. The minimum absolute atomic E-state index is 0.209. The summed E-state index contributed by atoms with van der Waals surface area (Å²) >= 11 is 0. The van der Waals surface area contributed by atoms with E-state index in [0.29, 0.717) is 0 Å². The van der Waals surface area contributed by atoms with Crippen LogP contribution in [0.15, 0.2) is 22.6 Å². The monoisotopic (exact) mass is 220 g/mol. The summed E-state index contributed by atoms with van der Waals surface area (Å²) < 4.78 is 5.57. The lowest BCUT2D eigenvalue weighted by molar-refractivity contribution is 0.187. The van der Waals surface area contributed by atoms with Gasteiger partial charge in [0.2, 0.25) is 0 Å². The molecule has 1 aromatic heterocycles. The second-order valence-electron chi connectivity index (χ2n) is 4.19. The van der Waals surface area contributed by atoms with Gasteiger partial charge in [0.1, 0.15) is 5.52 Å². The van der Waals surface area contributed by atoms with Gasteiger partial charge in [-0.1, -0.05) is 19.9 Å². The van der Waals surface area contributed by atoms with Crippen molar-refractivity contribution in [2.75, 3.05) is 6.54 Å². The number of rotatable bonds is 3. The first kappa shape index (κ1) is 11.1. The fraction of sp³-hybridized carbons (Fsp3) is 0.417. The SMILES string of the molecule is CC(C)c1nc2cc(C(O)CN)ccc2o1. The van der Waals surface area contributed by atoms with Gasteiger partial charge >= 0.3 is 0 Å². The Balaban J connectivity index is 2.45. The quantitative estimate of drug-likeness (QED) is 0.829. The van der Waals surface area contributed by atoms with Gasteiger partial charge in [0.25, 0.3) is 0 Å². The van der Waals surface area contributed by atoms with E-state index in [2.05, 4.69) is 4.98 Å². The van der Waals surface area contributed by atoms with Crippen LogP contribution in [0.3, 0.4) is 0 Å². The number of hydrogen-bond acceptors (Lipinski definition) is 4. The molecule has 86 valence electrons. The summed E-state index contributed by atoms with van der Waals surface area (Å²) in [6, 6.07) is 5.46. The van der Waals surface area contributed by atoms with E-state index >= 15 is 0 Å². The van der Waals surface area contributed by atoms with Crippen LogP contribution in [-0.2, 0) is 0 Å². The van der Waals surface area contributed by atoms with Crippen LogP contribution in [0.4, 0.5) is 0 Å². The zero-order chi connectivity index (χ0) is 11.7. The normalized spacial score (nSPS) is 13.6. The molecule has 0 saturated carbocycles. The molecule has 0 fully saturated rings. The molecule has 4 heteroatoms. The van der Waals surface area contributed by atoms with Crippen LogP contribution in [-0.4, -0.2) is 16.6 Å². The first-order valence-corrected chi connectivity index (χ1v) is 5.40. The van der Waals surface area contributed by atoms with E-state index in [1.807, 2.05) is 32.0 Å². The third-order valence-electron chi connectivity index (χ3n) is 2.53. The average Bonchev–Trinajstić information content (AvgIpc) is 2.70. The number of fused-ring (bicyclic) bond motifs is 1. The molecule has 2 rings (SSSR count). The fourth-order valence-electron chi connectivity index (χ4n) is 1.55. The van der Waals surface area contributed by atoms with E-state index in [4.69, 9.17) is 10.2 Å². The van der Waals surface area contributed by atoms with Gasteiger partial charge in [-0.3, -0.25) is 0 Å². The average molecular weight is 220 g/mol. The molecule has 0 radical (unpaired) electrons. The molecule has 1 heterocycles. The minimum Gasteiger partial charge on any atom is -0.440 e. The molecule has 0 spiro atoms. The van der Waals surface area contributed by atoms with Gasteiger partial charge in [0, 0.05) is 12.5 Å². The Labute approximate surface area is 94.1 Å². The number of benzene rings is 1. The van der Waals surface area contributed by atoms with Gasteiger partial charge in [-0.15, -0.1) is 0 Å². The topological polar surface area (TPSA) is 72.3 Å². The van der Waals surface area contributed by atoms with Crippen LogP contribution in [0, 0.1) is 0 Å². The van der Waals surface area contributed by atoms with Crippen molar-refractivity contribution >= 4 is 11.1 Å². The zero-order valence-electron chi connectivity index (χ0n) is 9.47. The van der Waals surface area contributed by atoms with Crippen LogP contribution in [0.25, 0.3) is 11.1 Å². The van der Waals surface area contributed by atoms with Crippen molar-refractivity contribution in [3.8, 4) is 0 Å². The molecule has 0 aliphatic rings. The van der Waals surface area contributed by atoms with E-state index < -0.39 is 6.10 Å². The Morgan fingerprint density at radius 3 is 2.81 bits per heavy atom. The molecule has 0 saturated heterocycles. The molecule has 0 amide bonds. The summed E-state index contributed by atoms with van der Waals surface area (Å²) in [6.07, 6.45) is -0.636. The molecular formula is C12H16N2O2. The highest BCUT2D eigenvalue weighted by Gasteiger charge is 2.11. The van der Waals surface area contributed by atoms with Gasteiger partial charge < -0.3 is 15.3 Å². The van der Waals surface area contributed by atoms with Crippen molar-refractivity contribution in [3.63, 3.8) is 0 Å². The summed E-state index contributed by atoms with van der Waals surface area (Å²) in [5.74, 6) is 0.977. The van der Waals surface area contributed by atoms with Crippen molar-refractivity contribution < 1.29 is 9.52 Å². The summed E-state index contributed by atoms with van der Waals surface area (Å²) in [6.45, 7) is 4.26. The Hall–Kier alpha value is -1.39. The first-order chi connectivity index (χ1) is 7.61. The number of aliphatic hydroxyl groups excluding tert-OH is 1. The smallest absolute Gasteiger partial charge is 0.198 e. The maximum absolute atomic E-state index is 9.62. The summed E-state index contributed by atoms with van der Waals surface area (Å²) in [4.78, 5) is 4.37. The van der Waals surface area contributed by atoms with Crippen molar-refractivity contribution in [2.24, 2.45) is 5.73 Å². The lowest BCUT2D eigenvalue weighted by atomic mass is 10.1. The number of aliphatic hydroxyl groups is 1. The first-order valence-electron chi connectivity index (χ1n) is 5.40. The zero-order valence-corrected chi connectivity index (χ0v) is 9.47. The van der Waals surface area contributed by atoms with Crippen molar-refractivity contribution in [3.05, 3.63) is 29.7 Å². The Morgan fingerprint density at radius 1 is 1.44 bits per heavy atom. The Bertz CT molecular complexity index is 491. The third kappa shape index (κ3) is 1.94. The number of nitrogens with two attached hydrogens (primary N) is 1. The molecule has 0 aliphatic carbocycles. The van der Waals surface area contributed by atoms with E-state index in [-0.39, 0.29) is 12.5 Å². The van der Waals surface area contributed by atoms with E-state index in [1.54, 1.807) is 0 Å². The molecule has 16 heavy (non-hydrogen) atoms. The highest BCUT2D eigenvalue weighted by atomic mass is 16.3. The summed E-state index contributed by atoms with van der Waals surface area (Å²) in [5, 5.41) is 9.62. The maximum atomic E-state index is 9.62. The minimum atomic E-state index is -0.636. The summed E-state index contributed by atoms with van der Waals surface area (Å²) in [7, 11) is 0. The van der Waals surface area contributed by atoms with Gasteiger partial charge in [-0.2, -0.15) is 0 Å². The molecule has 4 nitrogen and oxygen atoms in total. The lowest BCUT2D eigenvalue weighted by Crippen LogP contribution is -2.11. The molecule has 0 bridgehead atoms. The predicted octanol–water partition coefficient (Wildman–Crippen LogP) is 1.94. The maximum Gasteiger partial charge on any atom is 0.198 e. The molecule has 2 aromatic rings. The van der Waals surface area contributed by atoms with Crippen LogP contribution >= 0.6 is 0 Å². The number of hydrogen-bond donors (Lipinski definition) is 2. The van der Waals surface area contributed by atoms with Crippen LogP contribution in [0.2, 0.25) is 0 Å². The van der Waals surface area contributed by atoms with Crippen molar-refractivity contribution in [2.45, 2.75) is 25.9 Å². The number of oxazole rings is 1. The highest BCUT2D eigenvalue weighted by molar-refractivity contribution is 5.73. The summed E-state index contributed by atoms with van der Waals surface area (Å²) in [5.41, 5.74) is 7.70. The second-order valence-corrected chi connectivity index (χ2v) is 4.19. The molecule has 3 N–H and O–H groups in total. The van der Waals surface area contributed by atoms with E-state index in [1.165, 1.54) is 0 Å². The predicted molar refractivity (Wildman–Crippen MR) is 62.1 cm³/mol. The fourth-order valence-corrected chi connectivity index (χ4v) is 1.55. The van der Waals surface area contributed by atoms with Gasteiger partial charge in [0.05, 0.1) is 6.10 Å². The lowest BCUT2D eigenvalue weighted by Gasteiger charge is -2.06. The molecule has 1 unspecified atom stereocenters. The van der Waals surface area contributed by atoms with Crippen LogP contribution < -0.4 is 5.73 Å². The van der Waals surface area contributed by atoms with E-state index in [9.17, 15) is 5.11 Å². The van der Waals surface area contributed by atoms with Crippen LogP contribution in [0.5, 0.6) is 0 Å². The van der Waals surface area contributed by atoms with Crippen molar-refractivity contribution in [1.82, 2.24) is 4.98 Å². The van der Waals surface area contributed by atoms with Crippen molar-refractivity contribution in [1.29, 1.82) is 0 Å². The van der Waals surface area contributed by atoms with Gasteiger partial charge in [-0.25, -0.2) is 4.98 Å². The molecule has 1 aromatic carbocycles. The van der Waals surface area contributed by atoms with E-state index in [0.717, 1.165) is 22.6 Å². The Morgan fingerprint density at radius 2 is 2.19 bits per heavy atom. The number of aromatic nitrogens is 1. The Kier molecular flexibility index (Phi) is 2.94. The molecular weight excluding hydrogens is 204 g/mol. The molecule has 0 aliphatic heterocycles. The van der Waals surface area contributed by atoms with Gasteiger partial charge in [-0.05, 0) is 17.7 Å². The van der Waals surface area contributed by atoms with Crippen LogP contribution in [0.1, 0.15) is 37.3 Å². The highest BCUT2D eigenvalue weighted by Crippen LogP contribution is 2.23. The van der Waals surface area contributed by atoms with Gasteiger partial charge in [0.15, 0.2) is 11.5 Å². The molecule has 1 atom stereocenters.